The van der Waals surface area contributed by atoms with E-state index in [1.165, 1.54) is 11.3 Å². The van der Waals surface area contributed by atoms with Crippen molar-refractivity contribution in [3.05, 3.63) is 29.1 Å². The fourth-order valence-electron chi connectivity index (χ4n) is 2.77. The molecule has 0 bridgehead atoms. The van der Waals surface area contributed by atoms with Crippen molar-refractivity contribution in [2.45, 2.75) is 12.8 Å². The molecule has 3 rings (SSSR count). The Morgan fingerprint density at radius 3 is 3.00 bits per heavy atom. The van der Waals surface area contributed by atoms with Gasteiger partial charge in [-0.3, -0.25) is 4.79 Å². The van der Waals surface area contributed by atoms with Crippen molar-refractivity contribution in [1.82, 2.24) is 4.90 Å². The number of likely N-dealkylation sites (tertiary alicyclic amines) is 1. The number of carbonyl (C=O) groups excluding carboxylic acids is 1. The van der Waals surface area contributed by atoms with Gasteiger partial charge >= 0.3 is 0 Å². The van der Waals surface area contributed by atoms with Crippen LogP contribution in [0.1, 0.15) is 22.5 Å². The minimum Gasteiger partial charge on any atom is -0.397 e. The monoisotopic (exact) mass is 290 g/mol. The molecule has 0 radical (unpaired) electrons. The number of aliphatic hydroxyl groups is 1. The Hall–Kier alpha value is -1.59. The summed E-state index contributed by atoms with van der Waals surface area (Å²) in [7, 11) is 0. The molecule has 20 heavy (non-hydrogen) atoms. The van der Waals surface area contributed by atoms with Gasteiger partial charge in [0.2, 0.25) is 0 Å². The van der Waals surface area contributed by atoms with Crippen molar-refractivity contribution in [3.63, 3.8) is 0 Å². The zero-order valence-corrected chi connectivity index (χ0v) is 12.0. The van der Waals surface area contributed by atoms with Crippen LogP contribution in [0.4, 0.5) is 5.69 Å². The van der Waals surface area contributed by atoms with E-state index in [1.807, 2.05) is 29.2 Å². The van der Waals surface area contributed by atoms with Crippen molar-refractivity contribution >= 4 is 33.0 Å². The summed E-state index contributed by atoms with van der Waals surface area (Å²) in [6, 6.07) is 7.82. The van der Waals surface area contributed by atoms with E-state index in [-0.39, 0.29) is 18.4 Å². The quantitative estimate of drug-likeness (QED) is 0.892. The molecule has 1 saturated heterocycles. The minimum absolute atomic E-state index is 0.00171. The molecule has 1 fully saturated rings. The Balaban J connectivity index is 1.90. The molecule has 5 heteroatoms. The van der Waals surface area contributed by atoms with Gasteiger partial charge in [-0.05, 0) is 24.8 Å². The van der Waals surface area contributed by atoms with E-state index < -0.39 is 0 Å². The third kappa shape index (κ3) is 2.27. The highest BCUT2D eigenvalue weighted by atomic mass is 32.1. The average molecular weight is 290 g/mol. The van der Waals surface area contributed by atoms with Gasteiger partial charge in [0, 0.05) is 29.8 Å². The number of nitrogens with zero attached hydrogens (tertiary/aromatic N) is 1. The lowest BCUT2D eigenvalue weighted by atomic mass is 9.99. The number of thiophene rings is 1. The molecule has 106 valence electrons. The van der Waals surface area contributed by atoms with Gasteiger partial charge < -0.3 is 15.7 Å². The largest absolute Gasteiger partial charge is 0.397 e. The SMILES string of the molecule is Nc1c(C(=O)N2CCCC(CO)C2)sc2ccccc12. The molecule has 1 amide bonds. The predicted octanol–water partition coefficient (Wildman–Crippen LogP) is 2.33. The standard InChI is InChI=1S/C15H18N2O2S/c16-13-11-5-1-2-6-12(11)20-14(13)15(19)17-7-3-4-10(8-17)9-18/h1-2,5-6,10,18H,3-4,7-9,16H2. The van der Waals surface area contributed by atoms with Crippen molar-refractivity contribution in [1.29, 1.82) is 0 Å². The van der Waals surface area contributed by atoms with Crippen LogP contribution in [0.5, 0.6) is 0 Å². The Morgan fingerprint density at radius 1 is 1.45 bits per heavy atom. The van der Waals surface area contributed by atoms with E-state index in [4.69, 9.17) is 5.73 Å². The summed E-state index contributed by atoms with van der Waals surface area (Å²) in [6.07, 6.45) is 1.93. The summed E-state index contributed by atoms with van der Waals surface area (Å²) in [6.45, 7) is 1.53. The Labute approximate surface area is 121 Å². The van der Waals surface area contributed by atoms with Gasteiger partial charge in [-0.15, -0.1) is 11.3 Å². The fraction of sp³-hybridized carbons (Fsp3) is 0.400. The van der Waals surface area contributed by atoms with Crippen molar-refractivity contribution in [3.8, 4) is 0 Å². The van der Waals surface area contributed by atoms with Crippen LogP contribution in [0.2, 0.25) is 0 Å². The summed E-state index contributed by atoms with van der Waals surface area (Å²) >= 11 is 1.46. The molecule has 2 aromatic rings. The van der Waals surface area contributed by atoms with Gasteiger partial charge in [-0.25, -0.2) is 0 Å². The maximum Gasteiger partial charge on any atom is 0.266 e. The number of anilines is 1. The van der Waals surface area contributed by atoms with Crippen molar-refractivity contribution in [2.75, 3.05) is 25.4 Å². The number of fused-ring (bicyclic) bond motifs is 1. The smallest absolute Gasteiger partial charge is 0.266 e. The predicted molar refractivity (Wildman–Crippen MR) is 82.0 cm³/mol. The van der Waals surface area contributed by atoms with Gasteiger partial charge in [0.15, 0.2) is 0 Å². The molecule has 1 unspecified atom stereocenters. The molecular weight excluding hydrogens is 272 g/mol. The second-order valence-electron chi connectivity index (χ2n) is 5.28. The van der Waals surface area contributed by atoms with E-state index in [0.717, 1.165) is 29.5 Å². The highest BCUT2D eigenvalue weighted by Crippen LogP contribution is 2.34. The van der Waals surface area contributed by atoms with Crippen LogP contribution < -0.4 is 5.73 Å². The summed E-state index contributed by atoms with van der Waals surface area (Å²) in [4.78, 5) is 15.1. The number of benzene rings is 1. The zero-order chi connectivity index (χ0) is 14.1. The number of nitrogen functional groups attached to an aromatic ring is 1. The molecule has 1 aliphatic rings. The number of hydrogen-bond donors (Lipinski definition) is 2. The van der Waals surface area contributed by atoms with Crippen LogP contribution in [0.3, 0.4) is 0 Å². The molecule has 1 aromatic heterocycles. The van der Waals surface area contributed by atoms with Crippen LogP contribution in [-0.4, -0.2) is 35.6 Å². The highest BCUT2D eigenvalue weighted by Gasteiger charge is 2.26. The molecule has 3 N–H and O–H groups in total. The van der Waals surface area contributed by atoms with Crippen molar-refractivity contribution in [2.24, 2.45) is 5.92 Å². The van der Waals surface area contributed by atoms with Crippen molar-refractivity contribution < 1.29 is 9.90 Å². The average Bonchev–Trinajstić information content (AvgIpc) is 2.84. The van der Waals surface area contributed by atoms with Gasteiger partial charge in [0.25, 0.3) is 5.91 Å². The molecule has 4 nitrogen and oxygen atoms in total. The topological polar surface area (TPSA) is 66.6 Å². The van der Waals surface area contributed by atoms with Crippen LogP contribution in [0.25, 0.3) is 10.1 Å². The maximum absolute atomic E-state index is 12.6. The molecule has 0 saturated carbocycles. The highest BCUT2D eigenvalue weighted by molar-refractivity contribution is 7.21. The van der Waals surface area contributed by atoms with Crippen LogP contribution in [-0.2, 0) is 0 Å². The first-order valence-electron chi connectivity index (χ1n) is 6.88. The van der Waals surface area contributed by atoms with Gasteiger partial charge in [-0.1, -0.05) is 18.2 Å². The number of amides is 1. The Kier molecular flexibility index (Phi) is 3.63. The van der Waals surface area contributed by atoms with Gasteiger partial charge in [-0.2, -0.15) is 0 Å². The number of piperidine rings is 1. The number of nitrogens with two attached hydrogens (primary N) is 1. The number of aliphatic hydroxyl groups excluding tert-OH is 1. The first kappa shape index (κ1) is 13.4. The van der Waals surface area contributed by atoms with Crippen LogP contribution in [0, 0.1) is 5.92 Å². The Bertz CT molecular complexity index is 638. The minimum atomic E-state index is 0.00171. The van der Waals surface area contributed by atoms with Gasteiger partial charge in [0.1, 0.15) is 4.88 Å². The Morgan fingerprint density at radius 2 is 2.25 bits per heavy atom. The summed E-state index contributed by atoms with van der Waals surface area (Å²) in [5.74, 6) is 0.199. The molecule has 2 heterocycles. The van der Waals surface area contributed by atoms with E-state index in [0.29, 0.717) is 17.1 Å². The molecule has 1 aromatic carbocycles. The van der Waals surface area contributed by atoms with E-state index >= 15 is 0 Å². The number of carbonyl (C=O) groups is 1. The van der Waals surface area contributed by atoms with Gasteiger partial charge in [0.05, 0.1) is 5.69 Å². The fourth-order valence-corrected chi connectivity index (χ4v) is 3.86. The van der Waals surface area contributed by atoms with E-state index in [2.05, 4.69) is 0 Å². The first-order chi connectivity index (χ1) is 9.70. The lowest BCUT2D eigenvalue weighted by Crippen LogP contribution is -2.40. The summed E-state index contributed by atoms with van der Waals surface area (Å²) in [5, 5.41) is 10.2. The third-order valence-electron chi connectivity index (χ3n) is 3.89. The summed E-state index contributed by atoms with van der Waals surface area (Å²) < 4.78 is 1.05. The normalized spacial score (nSPS) is 19.4. The number of hydrogen-bond acceptors (Lipinski definition) is 4. The second kappa shape index (κ2) is 5.42. The molecular formula is C15H18N2O2S. The number of rotatable bonds is 2. The summed E-state index contributed by atoms with van der Waals surface area (Å²) in [5.41, 5.74) is 6.71. The van der Waals surface area contributed by atoms with Crippen LogP contribution in [0.15, 0.2) is 24.3 Å². The molecule has 1 atom stereocenters. The van der Waals surface area contributed by atoms with E-state index in [9.17, 15) is 9.90 Å². The third-order valence-corrected chi connectivity index (χ3v) is 5.07. The van der Waals surface area contributed by atoms with Crippen LogP contribution >= 0.6 is 11.3 Å². The molecule has 0 spiro atoms. The lowest BCUT2D eigenvalue weighted by Gasteiger charge is -2.31. The maximum atomic E-state index is 12.6. The zero-order valence-electron chi connectivity index (χ0n) is 11.2. The first-order valence-corrected chi connectivity index (χ1v) is 7.69. The lowest BCUT2D eigenvalue weighted by molar-refractivity contribution is 0.0626. The van der Waals surface area contributed by atoms with E-state index in [1.54, 1.807) is 0 Å². The molecule has 0 aliphatic carbocycles. The second-order valence-corrected chi connectivity index (χ2v) is 6.34. The molecule has 1 aliphatic heterocycles.